The third-order valence-corrected chi connectivity index (χ3v) is 7.47. The van der Waals surface area contributed by atoms with E-state index in [4.69, 9.17) is 9.47 Å². The third kappa shape index (κ3) is 4.75. The smallest absolute Gasteiger partial charge is 0.229 e. The summed E-state index contributed by atoms with van der Waals surface area (Å²) in [6, 6.07) is 24.0. The second-order valence-corrected chi connectivity index (χ2v) is 9.46. The highest BCUT2D eigenvalue weighted by atomic mass is 32.2. The van der Waals surface area contributed by atoms with Crippen LogP contribution >= 0.6 is 11.8 Å². The van der Waals surface area contributed by atoms with Gasteiger partial charge < -0.3 is 14.4 Å². The van der Waals surface area contributed by atoms with Gasteiger partial charge in [0.1, 0.15) is 12.4 Å². The molecule has 0 aromatic heterocycles. The quantitative estimate of drug-likeness (QED) is 0.436. The lowest BCUT2D eigenvalue weighted by Gasteiger charge is -2.42. The van der Waals surface area contributed by atoms with Gasteiger partial charge in [-0.25, -0.2) is 4.39 Å². The molecule has 8 heteroatoms. The van der Waals surface area contributed by atoms with E-state index in [2.05, 4.69) is 6.07 Å². The zero-order valence-corrected chi connectivity index (χ0v) is 20.5. The summed E-state index contributed by atoms with van der Waals surface area (Å²) in [6.45, 7) is 0.725. The number of nitriles is 1. The molecule has 2 heterocycles. The van der Waals surface area contributed by atoms with Crippen molar-refractivity contribution in [2.45, 2.75) is 18.9 Å². The SMILES string of the molecule is COc1cc(C2CC(=O)N3CN(c4ccc(F)cc4)CSC3=C2C#N)ccc1OCc1ccccc1. The van der Waals surface area contributed by atoms with Gasteiger partial charge in [0.25, 0.3) is 0 Å². The molecule has 0 N–H and O–H groups in total. The molecule has 1 atom stereocenters. The van der Waals surface area contributed by atoms with E-state index in [1.807, 2.05) is 53.4 Å². The Morgan fingerprint density at radius 1 is 1.08 bits per heavy atom. The highest BCUT2D eigenvalue weighted by Crippen LogP contribution is 2.44. The first-order valence-electron chi connectivity index (χ1n) is 11.5. The van der Waals surface area contributed by atoms with E-state index in [0.29, 0.717) is 41.3 Å². The minimum Gasteiger partial charge on any atom is -0.493 e. The van der Waals surface area contributed by atoms with Crippen molar-refractivity contribution in [2.75, 3.05) is 24.6 Å². The number of fused-ring (bicyclic) bond motifs is 1. The summed E-state index contributed by atoms with van der Waals surface area (Å²) in [5.41, 5.74) is 3.27. The summed E-state index contributed by atoms with van der Waals surface area (Å²) >= 11 is 1.45. The number of anilines is 1. The number of halogens is 1. The van der Waals surface area contributed by atoms with Crippen LogP contribution in [0.2, 0.25) is 0 Å². The van der Waals surface area contributed by atoms with E-state index in [9.17, 15) is 14.4 Å². The Morgan fingerprint density at radius 3 is 2.58 bits per heavy atom. The summed E-state index contributed by atoms with van der Waals surface area (Å²) in [5.74, 6) is 0.978. The highest BCUT2D eigenvalue weighted by Gasteiger charge is 2.38. The largest absolute Gasteiger partial charge is 0.493 e. The molecule has 1 fully saturated rings. The molecular formula is C28H24FN3O3S. The molecule has 0 bridgehead atoms. The number of carbonyl (C=O) groups is 1. The lowest BCUT2D eigenvalue weighted by molar-refractivity contribution is -0.129. The van der Waals surface area contributed by atoms with Gasteiger partial charge in [-0.15, -0.1) is 0 Å². The van der Waals surface area contributed by atoms with E-state index in [1.54, 1.807) is 24.1 Å². The van der Waals surface area contributed by atoms with Crippen LogP contribution in [0, 0.1) is 17.1 Å². The Kier molecular flexibility index (Phi) is 6.83. The van der Waals surface area contributed by atoms with Gasteiger partial charge in [0, 0.05) is 18.0 Å². The fourth-order valence-electron chi connectivity index (χ4n) is 4.42. The summed E-state index contributed by atoms with van der Waals surface area (Å²) < 4.78 is 24.9. The normalized spacial score (nSPS) is 17.5. The van der Waals surface area contributed by atoms with Gasteiger partial charge in [-0.1, -0.05) is 48.2 Å². The molecule has 0 aliphatic carbocycles. The number of hydrogen-bond donors (Lipinski definition) is 0. The van der Waals surface area contributed by atoms with Crippen LogP contribution in [0.3, 0.4) is 0 Å². The van der Waals surface area contributed by atoms with E-state index >= 15 is 0 Å². The molecule has 0 spiro atoms. The average molecular weight is 502 g/mol. The lowest BCUT2D eigenvalue weighted by atomic mass is 9.86. The number of methoxy groups -OCH3 is 1. The van der Waals surface area contributed by atoms with E-state index in [0.717, 1.165) is 16.8 Å². The Balaban J connectivity index is 1.38. The van der Waals surface area contributed by atoms with Crippen LogP contribution in [0.25, 0.3) is 0 Å². The van der Waals surface area contributed by atoms with Crippen LogP contribution in [0.1, 0.15) is 23.5 Å². The van der Waals surface area contributed by atoms with Crippen molar-refractivity contribution in [3.8, 4) is 17.6 Å². The van der Waals surface area contributed by atoms with Gasteiger partial charge >= 0.3 is 0 Å². The number of thioether (sulfide) groups is 1. The minimum atomic E-state index is -0.365. The Bertz CT molecular complexity index is 1340. The molecule has 36 heavy (non-hydrogen) atoms. The number of benzene rings is 3. The van der Waals surface area contributed by atoms with Gasteiger partial charge in [0.15, 0.2) is 11.5 Å². The number of ether oxygens (including phenoxy) is 2. The summed E-state index contributed by atoms with van der Waals surface area (Å²) in [7, 11) is 1.58. The van der Waals surface area contributed by atoms with Crippen LogP contribution in [-0.2, 0) is 11.4 Å². The molecule has 3 aromatic rings. The monoisotopic (exact) mass is 501 g/mol. The van der Waals surface area contributed by atoms with Crippen molar-refractivity contribution in [2.24, 2.45) is 0 Å². The number of amides is 1. The van der Waals surface area contributed by atoms with Crippen LogP contribution in [-0.4, -0.2) is 30.5 Å². The third-order valence-electron chi connectivity index (χ3n) is 6.31. The molecule has 1 amide bonds. The lowest BCUT2D eigenvalue weighted by Crippen LogP contribution is -2.47. The molecule has 6 nitrogen and oxygen atoms in total. The second-order valence-electron chi connectivity index (χ2n) is 8.52. The van der Waals surface area contributed by atoms with Crippen molar-refractivity contribution in [3.63, 3.8) is 0 Å². The van der Waals surface area contributed by atoms with Gasteiger partial charge in [-0.3, -0.25) is 9.69 Å². The Hall–Kier alpha value is -3.96. The predicted molar refractivity (Wildman–Crippen MR) is 137 cm³/mol. The first-order valence-corrected chi connectivity index (χ1v) is 12.5. The van der Waals surface area contributed by atoms with Gasteiger partial charge in [-0.2, -0.15) is 5.26 Å². The van der Waals surface area contributed by atoms with E-state index in [-0.39, 0.29) is 24.1 Å². The first-order chi connectivity index (χ1) is 17.6. The van der Waals surface area contributed by atoms with Crippen molar-refractivity contribution < 1.29 is 18.7 Å². The molecule has 2 aliphatic heterocycles. The summed E-state index contributed by atoms with van der Waals surface area (Å²) in [5, 5.41) is 10.8. The first kappa shape index (κ1) is 23.8. The number of hydrogen-bond acceptors (Lipinski definition) is 6. The fraction of sp³-hybridized carbons (Fsp3) is 0.214. The minimum absolute atomic E-state index is 0.0586. The predicted octanol–water partition coefficient (Wildman–Crippen LogP) is 5.63. The Morgan fingerprint density at radius 2 is 1.86 bits per heavy atom. The molecule has 0 saturated carbocycles. The standard InChI is InChI=1S/C28H24FN3O3S/c1-34-26-13-20(7-12-25(26)35-16-19-5-3-2-4-6-19)23-14-27(33)32-17-31(18-36-28(32)24(23)15-30)22-10-8-21(29)9-11-22/h2-13,23H,14,16-18H2,1H3. The average Bonchev–Trinajstić information content (AvgIpc) is 2.92. The topological polar surface area (TPSA) is 65.8 Å². The van der Waals surface area contributed by atoms with Crippen molar-refractivity contribution >= 4 is 23.4 Å². The van der Waals surface area contributed by atoms with Crippen LogP contribution in [0.5, 0.6) is 11.5 Å². The number of nitrogens with zero attached hydrogens (tertiary/aromatic N) is 3. The van der Waals surface area contributed by atoms with Crippen molar-refractivity contribution in [1.29, 1.82) is 5.26 Å². The molecule has 1 saturated heterocycles. The molecule has 0 radical (unpaired) electrons. The molecule has 3 aromatic carbocycles. The van der Waals surface area contributed by atoms with Gasteiger partial charge in [-0.05, 0) is 47.5 Å². The number of carbonyl (C=O) groups excluding carboxylic acids is 1. The Labute approximate surface area is 213 Å². The van der Waals surface area contributed by atoms with E-state index < -0.39 is 0 Å². The highest BCUT2D eigenvalue weighted by molar-refractivity contribution is 8.03. The summed E-state index contributed by atoms with van der Waals surface area (Å²) in [6.07, 6.45) is 0.178. The van der Waals surface area contributed by atoms with Crippen LogP contribution in [0.15, 0.2) is 83.4 Å². The van der Waals surface area contributed by atoms with Crippen molar-refractivity contribution in [1.82, 2.24) is 4.90 Å². The molecule has 2 aliphatic rings. The van der Waals surface area contributed by atoms with Crippen LogP contribution < -0.4 is 14.4 Å². The van der Waals surface area contributed by atoms with E-state index in [1.165, 1.54) is 23.9 Å². The molecule has 1 unspecified atom stereocenters. The molecular weight excluding hydrogens is 477 g/mol. The van der Waals surface area contributed by atoms with Crippen molar-refractivity contribution in [3.05, 3.63) is 100 Å². The maximum atomic E-state index is 13.3. The number of rotatable bonds is 6. The number of allylic oxidation sites excluding steroid dienone is 1. The van der Waals surface area contributed by atoms with Gasteiger partial charge in [0.2, 0.25) is 5.91 Å². The van der Waals surface area contributed by atoms with Crippen LogP contribution in [0.4, 0.5) is 10.1 Å². The maximum Gasteiger partial charge on any atom is 0.229 e. The second kappa shape index (κ2) is 10.3. The zero-order valence-electron chi connectivity index (χ0n) is 19.7. The molecule has 182 valence electrons. The van der Waals surface area contributed by atoms with Gasteiger partial charge in [0.05, 0.1) is 36.3 Å². The fourth-order valence-corrected chi connectivity index (χ4v) is 5.59. The molecule has 5 rings (SSSR count). The summed E-state index contributed by atoms with van der Waals surface area (Å²) in [4.78, 5) is 16.9. The maximum absolute atomic E-state index is 13.3. The zero-order chi connectivity index (χ0) is 25.1.